The van der Waals surface area contributed by atoms with Gasteiger partial charge in [-0.15, -0.1) is 11.3 Å². The lowest BCUT2D eigenvalue weighted by Crippen LogP contribution is -2.02. The predicted molar refractivity (Wildman–Crippen MR) is 79.5 cm³/mol. The van der Waals surface area contributed by atoms with Crippen molar-refractivity contribution in [2.45, 2.75) is 18.9 Å². The van der Waals surface area contributed by atoms with E-state index in [2.05, 4.69) is 15.3 Å². The predicted octanol–water partition coefficient (Wildman–Crippen LogP) is 4.07. The van der Waals surface area contributed by atoms with E-state index in [-0.39, 0.29) is 5.82 Å². The van der Waals surface area contributed by atoms with Crippen LogP contribution in [0.2, 0.25) is 0 Å². The topological polar surface area (TPSA) is 37.8 Å². The molecule has 0 radical (unpaired) electrons. The van der Waals surface area contributed by atoms with Gasteiger partial charge in [-0.2, -0.15) is 0 Å². The molecule has 100 valence electrons. The summed E-state index contributed by atoms with van der Waals surface area (Å²) in [6.45, 7) is 0. The lowest BCUT2D eigenvalue weighted by Gasteiger charge is -2.02. The van der Waals surface area contributed by atoms with Gasteiger partial charge in [-0.25, -0.2) is 14.4 Å². The molecule has 5 heteroatoms. The number of benzene rings is 1. The summed E-state index contributed by atoms with van der Waals surface area (Å²) < 4.78 is 14.1. The van der Waals surface area contributed by atoms with E-state index >= 15 is 0 Å². The van der Waals surface area contributed by atoms with E-state index in [4.69, 9.17) is 0 Å². The van der Waals surface area contributed by atoms with Gasteiger partial charge in [-0.05, 0) is 36.6 Å². The summed E-state index contributed by atoms with van der Waals surface area (Å²) in [7, 11) is 0. The van der Waals surface area contributed by atoms with Crippen LogP contribution in [0.15, 0.2) is 36.7 Å². The van der Waals surface area contributed by atoms with Gasteiger partial charge in [-0.3, -0.25) is 0 Å². The van der Waals surface area contributed by atoms with Crippen LogP contribution in [0, 0.1) is 5.82 Å². The number of hydrogen-bond acceptors (Lipinski definition) is 4. The number of halogens is 1. The number of hydrogen-bond donors (Lipinski definition) is 1. The van der Waals surface area contributed by atoms with Crippen LogP contribution >= 0.6 is 11.3 Å². The third-order valence-corrected chi connectivity index (χ3v) is 4.54. The average molecular weight is 285 g/mol. The molecule has 2 heterocycles. The molecule has 1 aliphatic carbocycles. The number of fused-ring (bicyclic) bond motifs is 1. The molecule has 1 aromatic carbocycles. The number of aromatic nitrogens is 2. The maximum Gasteiger partial charge on any atom is 0.147 e. The zero-order chi connectivity index (χ0) is 13.5. The Kier molecular flexibility index (Phi) is 2.67. The smallest absolute Gasteiger partial charge is 0.147 e. The van der Waals surface area contributed by atoms with E-state index in [0.717, 1.165) is 26.5 Å². The summed E-state index contributed by atoms with van der Waals surface area (Å²) in [5.74, 6) is 0.696. The van der Waals surface area contributed by atoms with Crippen molar-refractivity contribution in [1.82, 2.24) is 9.97 Å². The van der Waals surface area contributed by atoms with Crippen LogP contribution in [-0.2, 0) is 0 Å². The summed E-state index contributed by atoms with van der Waals surface area (Å²) in [6.07, 6.45) is 4.01. The zero-order valence-corrected chi connectivity index (χ0v) is 11.5. The Balaban J connectivity index is 1.79. The molecule has 1 fully saturated rings. The Morgan fingerprint density at radius 2 is 1.95 bits per heavy atom. The molecule has 0 atom stereocenters. The normalized spacial score (nSPS) is 14.7. The Bertz CT molecular complexity index is 762. The number of nitrogens with one attached hydrogen (secondary N) is 1. The van der Waals surface area contributed by atoms with Gasteiger partial charge in [0.05, 0.1) is 10.2 Å². The van der Waals surface area contributed by atoms with Gasteiger partial charge in [-0.1, -0.05) is 12.1 Å². The molecular weight excluding hydrogens is 273 g/mol. The molecule has 2 aromatic heterocycles. The van der Waals surface area contributed by atoms with Gasteiger partial charge in [0.2, 0.25) is 0 Å². The van der Waals surface area contributed by atoms with Crippen LogP contribution in [0.25, 0.3) is 20.7 Å². The Labute approximate surface area is 119 Å². The molecule has 0 aliphatic heterocycles. The average Bonchev–Trinajstić information content (AvgIpc) is 3.16. The van der Waals surface area contributed by atoms with Gasteiger partial charge >= 0.3 is 0 Å². The van der Waals surface area contributed by atoms with Crippen LogP contribution in [0.3, 0.4) is 0 Å². The van der Waals surface area contributed by atoms with Crippen molar-refractivity contribution in [3.05, 3.63) is 42.5 Å². The molecule has 0 saturated heterocycles. The standard InChI is InChI=1S/C15H12FN3S/c16-10-3-1-9(2-4-10)13-7-12-14(20-13)15(18-8-17-12)19-11-5-6-11/h1-4,7-8,11H,5-6H2,(H,17,18,19). The second-order valence-corrected chi connectivity index (χ2v) is 6.02. The van der Waals surface area contributed by atoms with Crippen LogP contribution in [0.1, 0.15) is 12.8 Å². The fourth-order valence-electron chi connectivity index (χ4n) is 2.13. The molecular formula is C15H12FN3S. The number of anilines is 1. The van der Waals surface area contributed by atoms with Crippen molar-refractivity contribution in [3.63, 3.8) is 0 Å². The highest BCUT2D eigenvalue weighted by molar-refractivity contribution is 7.22. The third-order valence-electron chi connectivity index (χ3n) is 3.36. The Morgan fingerprint density at radius 3 is 2.70 bits per heavy atom. The highest BCUT2D eigenvalue weighted by Crippen LogP contribution is 2.37. The van der Waals surface area contributed by atoms with Gasteiger partial charge in [0, 0.05) is 10.9 Å². The lowest BCUT2D eigenvalue weighted by atomic mass is 10.2. The molecule has 1 N–H and O–H groups in total. The van der Waals surface area contributed by atoms with Gasteiger partial charge < -0.3 is 5.32 Å². The maximum absolute atomic E-state index is 13.0. The molecule has 4 rings (SSSR count). The van der Waals surface area contributed by atoms with E-state index in [1.165, 1.54) is 25.0 Å². The quantitative estimate of drug-likeness (QED) is 0.788. The fourth-order valence-corrected chi connectivity index (χ4v) is 3.20. The highest BCUT2D eigenvalue weighted by Gasteiger charge is 2.22. The van der Waals surface area contributed by atoms with Crippen molar-refractivity contribution in [2.75, 3.05) is 5.32 Å². The summed E-state index contributed by atoms with van der Waals surface area (Å²) in [6, 6.07) is 9.14. The minimum absolute atomic E-state index is 0.217. The summed E-state index contributed by atoms with van der Waals surface area (Å²) >= 11 is 1.64. The first kappa shape index (κ1) is 11.8. The molecule has 1 saturated carbocycles. The summed E-state index contributed by atoms with van der Waals surface area (Å²) in [4.78, 5) is 9.74. The van der Waals surface area contributed by atoms with E-state index in [0.29, 0.717) is 6.04 Å². The number of rotatable bonds is 3. The molecule has 0 amide bonds. The van der Waals surface area contributed by atoms with Gasteiger partial charge in [0.25, 0.3) is 0 Å². The zero-order valence-electron chi connectivity index (χ0n) is 10.6. The maximum atomic E-state index is 13.0. The largest absolute Gasteiger partial charge is 0.366 e. The van der Waals surface area contributed by atoms with E-state index in [1.54, 1.807) is 29.8 Å². The first-order valence-electron chi connectivity index (χ1n) is 6.56. The number of nitrogens with zero attached hydrogens (tertiary/aromatic N) is 2. The van der Waals surface area contributed by atoms with Crippen LogP contribution in [0.4, 0.5) is 10.2 Å². The van der Waals surface area contributed by atoms with Crippen LogP contribution < -0.4 is 5.32 Å². The van der Waals surface area contributed by atoms with Gasteiger partial charge in [0.1, 0.15) is 18.0 Å². The van der Waals surface area contributed by atoms with Crippen LogP contribution in [-0.4, -0.2) is 16.0 Å². The van der Waals surface area contributed by atoms with E-state index in [1.807, 2.05) is 6.07 Å². The SMILES string of the molecule is Fc1ccc(-c2cc3ncnc(NC4CC4)c3s2)cc1. The molecule has 20 heavy (non-hydrogen) atoms. The third kappa shape index (κ3) is 2.14. The van der Waals surface area contributed by atoms with Crippen molar-refractivity contribution < 1.29 is 4.39 Å². The summed E-state index contributed by atoms with van der Waals surface area (Å²) in [5.41, 5.74) is 1.94. The molecule has 0 unspecified atom stereocenters. The first-order chi connectivity index (χ1) is 9.79. The molecule has 0 spiro atoms. The molecule has 3 nitrogen and oxygen atoms in total. The fraction of sp³-hybridized carbons (Fsp3) is 0.200. The van der Waals surface area contributed by atoms with Gasteiger partial charge in [0.15, 0.2) is 0 Å². The highest BCUT2D eigenvalue weighted by atomic mass is 32.1. The molecule has 1 aliphatic rings. The van der Waals surface area contributed by atoms with Crippen molar-refractivity contribution in [3.8, 4) is 10.4 Å². The monoisotopic (exact) mass is 285 g/mol. The van der Waals surface area contributed by atoms with Crippen molar-refractivity contribution >= 4 is 27.4 Å². The van der Waals surface area contributed by atoms with Crippen molar-refractivity contribution in [1.29, 1.82) is 0 Å². The minimum Gasteiger partial charge on any atom is -0.366 e. The minimum atomic E-state index is -0.217. The second-order valence-electron chi connectivity index (χ2n) is 4.97. The molecule has 3 aromatic rings. The van der Waals surface area contributed by atoms with E-state index < -0.39 is 0 Å². The van der Waals surface area contributed by atoms with Crippen molar-refractivity contribution in [2.24, 2.45) is 0 Å². The Hall–Kier alpha value is -2.01. The second kappa shape index (κ2) is 4.52. The lowest BCUT2D eigenvalue weighted by molar-refractivity contribution is 0.628. The summed E-state index contributed by atoms with van der Waals surface area (Å²) in [5, 5.41) is 3.43. The first-order valence-corrected chi connectivity index (χ1v) is 7.38. The van der Waals surface area contributed by atoms with Crippen LogP contribution in [0.5, 0.6) is 0 Å². The number of thiophene rings is 1. The van der Waals surface area contributed by atoms with E-state index in [9.17, 15) is 4.39 Å². The molecule has 0 bridgehead atoms. The Morgan fingerprint density at radius 1 is 1.15 bits per heavy atom.